The molecule has 8 nitrogen and oxygen atoms in total. The van der Waals surface area contributed by atoms with Crippen LogP contribution in [0.15, 0.2) is 0 Å². The molecule has 0 rings (SSSR count). The molecule has 0 bridgehead atoms. The lowest BCUT2D eigenvalue weighted by molar-refractivity contribution is -0.208. The molecule has 0 radical (unpaired) electrons. The minimum absolute atomic E-state index is 0.524. The van der Waals surface area contributed by atoms with Crippen LogP contribution in [-0.2, 0) is 23.9 Å². The van der Waals surface area contributed by atoms with E-state index in [1.165, 1.54) is 0 Å². The summed E-state index contributed by atoms with van der Waals surface area (Å²) in [5, 5.41) is 30.0. The Morgan fingerprint density at radius 3 is 1.56 bits per heavy atom. The Balaban J connectivity index is 6.82. The Morgan fingerprint density at radius 2 is 1.28 bits per heavy atom. The largest absolute Gasteiger partial charge is 0.441 e. The Kier molecular flexibility index (Phi) is 10.7. The Morgan fingerprint density at radius 1 is 0.840 bits per heavy atom. The Bertz CT molecular complexity index is 504. The number of rotatable bonds is 12. The normalized spacial score (nSPS) is 13.2. The summed E-state index contributed by atoms with van der Waals surface area (Å²) in [6.07, 6.45) is -2.24. The summed E-state index contributed by atoms with van der Waals surface area (Å²) in [7, 11) is 0. The summed E-state index contributed by atoms with van der Waals surface area (Å²) in [6, 6.07) is 0. The van der Waals surface area contributed by atoms with Crippen molar-refractivity contribution in [3.8, 4) is 0 Å². The highest BCUT2D eigenvalue weighted by atomic mass is 32.1. The number of aliphatic hydroxyl groups is 3. The number of carbonyl (C=O) groups is 4. The van der Waals surface area contributed by atoms with E-state index in [4.69, 9.17) is 4.74 Å². The van der Waals surface area contributed by atoms with E-state index >= 15 is 0 Å². The first-order valence-corrected chi connectivity index (χ1v) is 9.36. The first-order valence-electron chi connectivity index (χ1n) is 6.83. The van der Waals surface area contributed by atoms with Crippen molar-refractivity contribution >= 4 is 73.8 Å². The van der Waals surface area contributed by atoms with Crippen molar-refractivity contribution in [1.82, 2.24) is 0 Å². The van der Waals surface area contributed by atoms with E-state index in [2.05, 4.69) is 50.5 Å². The summed E-state index contributed by atoms with van der Waals surface area (Å²) in [5.74, 6) is -6.80. The Hall–Kier alpha value is -0.240. The van der Waals surface area contributed by atoms with Crippen LogP contribution in [0.25, 0.3) is 0 Å². The molecule has 0 aliphatic heterocycles. The summed E-state index contributed by atoms with van der Waals surface area (Å²) in [5.41, 5.74) is -5.43. The van der Waals surface area contributed by atoms with Crippen LogP contribution >= 0.6 is 50.5 Å². The van der Waals surface area contributed by atoms with Crippen LogP contribution in [0, 0.1) is 5.41 Å². The van der Waals surface area contributed by atoms with Crippen molar-refractivity contribution < 1.29 is 39.2 Å². The van der Waals surface area contributed by atoms with Crippen molar-refractivity contribution in [2.24, 2.45) is 5.41 Å². The molecule has 3 N–H and O–H groups in total. The second-order valence-electron chi connectivity index (χ2n) is 4.98. The van der Waals surface area contributed by atoms with Gasteiger partial charge in [0.15, 0.2) is 17.3 Å². The monoisotopic (exact) mass is 432 g/mol. The molecule has 0 amide bonds. The van der Waals surface area contributed by atoms with Crippen LogP contribution in [0.4, 0.5) is 0 Å². The minimum Gasteiger partial charge on any atom is -0.441 e. The lowest BCUT2D eigenvalue weighted by Gasteiger charge is -2.47. The third-order valence-electron chi connectivity index (χ3n) is 3.72. The lowest BCUT2D eigenvalue weighted by atomic mass is 9.64. The molecule has 0 aromatic carbocycles. The summed E-state index contributed by atoms with van der Waals surface area (Å²) in [6.45, 7) is -2.47. The van der Waals surface area contributed by atoms with E-state index in [-0.39, 0.29) is 0 Å². The van der Waals surface area contributed by atoms with Gasteiger partial charge < -0.3 is 20.1 Å². The molecule has 0 aliphatic carbocycles. The minimum atomic E-state index is -2.88. The number of hydrogen-bond donors (Lipinski definition) is 7. The fraction of sp³-hybridized carbons (Fsp3) is 0.692. The first-order chi connectivity index (χ1) is 11.7. The molecule has 0 fully saturated rings. The van der Waals surface area contributed by atoms with Gasteiger partial charge in [-0.3, -0.25) is 19.2 Å². The maximum absolute atomic E-state index is 12.6. The number of carbonyl (C=O) groups excluding carboxylic acids is 4. The second kappa shape index (κ2) is 10.8. The molecule has 0 saturated heterocycles. The summed E-state index contributed by atoms with van der Waals surface area (Å²) >= 11 is 14.9. The number of hydrogen-bond acceptors (Lipinski definition) is 12. The molecular weight excluding hydrogens is 412 g/mol. The van der Waals surface area contributed by atoms with Crippen LogP contribution in [-0.4, -0.2) is 86.6 Å². The molecular formula is C13H20O8S4. The van der Waals surface area contributed by atoms with Crippen LogP contribution in [0.1, 0.15) is 0 Å². The highest BCUT2D eigenvalue weighted by Gasteiger charge is 2.67. The summed E-state index contributed by atoms with van der Waals surface area (Å²) in [4.78, 5) is 48.9. The van der Waals surface area contributed by atoms with E-state index in [0.29, 0.717) is 0 Å². The summed E-state index contributed by atoms with van der Waals surface area (Å²) < 4.78 is 4.99. The van der Waals surface area contributed by atoms with E-state index in [1.807, 2.05) is 0 Å². The molecule has 1 atom stereocenters. The number of aliphatic hydroxyl groups excluding tert-OH is 3. The molecule has 0 saturated carbocycles. The fourth-order valence-corrected chi connectivity index (χ4v) is 3.07. The van der Waals surface area contributed by atoms with Crippen LogP contribution in [0.2, 0.25) is 0 Å². The molecule has 0 spiro atoms. The fourth-order valence-electron chi connectivity index (χ4n) is 2.38. The number of ether oxygens (including phenoxy) is 1. The maximum atomic E-state index is 12.6. The van der Waals surface area contributed by atoms with Crippen LogP contribution in [0.5, 0.6) is 0 Å². The smallest absolute Gasteiger partial charge is 0.317 e. The van der Waals surface area contributed by atoms with Crippen LogP contribution < -0.4 is 0 Å². The third kappa shape index (κ3) is 4.54. The molecule has 0 heterocycles. The van der Waals surface area contributed by atoms with Crippen molar-refractivity contribution in [1.29, 1.82) is 0 Å². The molecule has 144 valence electrons. The van der Waals surface area contributed by atoms with Gasteiger partial charge in [0, 0.05) is 0 Å². The lowest BCUT2D eigenvalue weighted by Crippen LogP contribution is -2.71. The number of Topliss-reactive ketones (excluding diaryl/α,β-unsaturated/α-hetero) is 3. The molecule has 1 unspecified atom stereocenters. The number of ketones is 3. The average Bonchev–Trinajstić information content (AvgIpc) is 2.65. The zero-order valence-electron chi connectivity index (χ0n) is 13.0. The zero-order chi connectivity index (χ0) is 19.8. The standard InChI is InChI=1S/C13H20O8S4/c14-5-12(6-15,11(20)7(16)1-22)13(8(17)2-23,9(18)3-24)21-10(19)4-25/h11,14-15,20,22-25H,1-6H2. The van der Waals surface area contributed by atoms with Gasteiger partial charge in [0.25, 0.3) is 0 Å². The second-order valence-corrected chi connectivity index (χ2v) is 6.24. The highest BCUT2D eigenvalue weighted by Crippen LogP contribution is 2.41. The quantitative estimate of drug-likeness (QED) is 0.107. The van der Waals surface area contributed by atoms with E-state index < -0.39 is 76.7 Å². The van der Waals surface area contributed by atoms with Crippen molar-refractivity contribution in [2.75, 3.05) is 36.2 Å². The topological polar surface area (TPSA) is 138 Å². The van der Waals surface area contributed by atoms with Gasteiger partial charge in [-0.25, -0.2) is 0 Å². The van der Waals surface area contributed by atoms with E-state index in [9.17, 15) is 34.5 Å². The highest BCUT2D eigenvalue weighted by molar-refractivity contribution is 7.81. The third-order valence-corrected chi connectivity index (χ3v) is 4.86. The molecule has 0 aromatic rings. The zero-order valence-corrected chi connectivity index (χ0v) is 16.6. The van der Waals surface area contributed by atoms with Gasteiger partial charge in [-0.2, -0.15) is 50.5 Å². The molecule has 12 heteroatoms. The van der Waals surface area contributed by atoms with Gasteiger partial charge in [0.2, 0.25) is 5.60 Å². The van der Waals surface area contributed by atoms with Gasteiger partial charge in [0.1, 0.15) is 11.5 Å². The van der Waals surface area contributed by atoms with Crippen molar-refractivity contribution in [3.05, 3.63) is 0 Å². The molecule has 25 heavy (non-hydrogen) atoms. The van der Waals surface area contributed by atoms with Gasteiger partial charge in [-0.05, 0) is 0 Å². The Labute approximate surface area is 166 Å². The molecule has 0 aromatic heterocycles. The predicted molar refractivity (Wildman–Crippen MR) is 102 cm³/mol. The average molecular weight is 433 g/mol. The number of esters is 1. The maximum Gasteiger partial charge on any atom is 0.317 e. The van der Waals surface area contributed by atoms with Crippen LogP contribution in [0.3, 0.4) is 0 Å². The molecule has 0 aliphatic rings. The first kappa shape index (κ1) is 24.8. The van der Waals surface area contributed by atoms with Crippen molar-refractivity contribution in [3.63, 3.8) is 0 Å². The van der Waals surface area contributed by atoms with Crippen molar-refractivity contribution in [2.45, 2.75) is 11.7 Å². The predicted octanol–water partition coefficient (Wildman–Crippen LogP) is -1.97. The van der Waals surface area contributed by atoms with Gasteiger partial charge in [-0.1, -0.05) is 0 Å². The van der Waals surface area contributed by atoms with Gasteiger partial charge in [-0.15, -0.1) is 0 Å². The van der Waals surface area contributed by atoms with Gasteiger partial charge in [0.05, 0.1) is 36.2 Å². The SMILES string of the molecule is O=C(CS)OC(C(=O)CS)(C(=O)CS)C(CO)(CO)C(O)C(=O)CS. The van der Waals surface area contributed by atoms with E-state index in [0.717, 1.165) is 0 Å². The van der Waals surface area contributed by atoms with Gasteiger partial charge >= 0.3 is 5.97 Å². The number of thiol groups is 4. The van der Waals surface area contributed by atoms with E-state index in [1.54, 1.807) is 0 Å².